The molecule has 4 heterocycles. The maximum absolute atomic E-state index is 15.1. The van der Waals surface area contributed by atoms with Crippen molar-refractivity contribution in [3.8, 4) is 0 Å². The van der Waals surface area contributed by atoms with Crippen LogP contribution in [-0.2, 0) is 139 Å². The molecule has 9 rings (SSSR count). The van der Waals surface area contributed by atoms with Crippen molar-refractivity contribution < 1.29 is 143 Å². The molecule has 142 heavy (non-hydrogen) atoms. The number of primary amides is 1. The van der Waals surface area contributed by atoms with Gasteiger partial charge in [-0.1, -0.05) is 96.5 Å². The molecule has 5 aromatic rings. The topological polar surface area (TPSA) is 723 Å². The third kappa shape index (κ3) is 32.6. The first-order valence-corrected chi connectivity index (χ1v) is 53.7. The number of amides is 12. The molecule has 4 aliphatic rings. The van der Waals surface area contributed by atoms with Gasteiger partial charge >= 0.3 is 5.97 Å². The largest absolute Gasteiger partial charge is 0.481 e. The fourth-order valence-corrected chi connectivity index (χ4v) is 21.9. The summed E-state index contributed by atoms with van der Waals surface area (Å²) in [5.74, 6) is -14.0. The molecular formula is C88H116N17O30S7+. The van der Waals surface area contributed by atoms with Crippen molar-refractivity contribution in [3.63, 3.8) is 0 Å². The normalized spacial score (nSPS) is 20.0. The number of ether oxygens (including phenoxy) is 4. The van der Waals surface area contributed by atoms with Gasteiger partial charge in [0.2, 0.25) is 58.9 Å². The van der Waals surface area contributed by atoms with Crippen LogP contribution < -0.4 is 80.2 Å². The van der Waals surface area contributed by atoms with E-state index in [4.69, 9.17) is 35.8 Å². The summed E-state index contributed by atoms with van der Waals surface area (Å²) in [5, 5.41) is 42.6. The summed E-state index contributed by atoms with van der Waals surface area (Å²) in [5.41, 5.74) is 12.1. The maximum Gasteiger partial charge on any atom is 0.305 e. The minimum absolute atomic E-state index is 0.00297. The summed E-state index contributed by atoms with van der Waals surface area (Å²) >= 11 is 0.571. The van der Waals surface area contributed by atoms with Gasteiger partial charge in [0.1, 0.15) is 53.7 Å². The molecule has 22 N–H and O–H groups in total. The number of thioether (sulfide) groups is 1. The van der Waals surface area contributed by atoms with Crippen LogP contribution in [0.2, 0.25) is 0 Å². The minimum atomic E-state index is -5.13. The first-order chi connectivity index (χ1) is 67.0. The number of benzene rings is 5. The van der Waals surface area contributed by atoms with Gasteiger partial charge in [0, 0.05) is 90.8 Å². The number of guanidine groups is 1. The van der Waals surface area contributed by atoms with E-state index in [0.717, 1.165) is 12.1 Å². The van der Waals surface area contributed by atoms with Crippen molar-refractivity contribution in [2.75, 3.05) is 109 Å². The number of carbonyl (C=O) groups excluding carboxylic acids is 12. The second-order valence-electron chi connectivity index (χ2n) is 33.8. The Morgan fingerprint density at radius 3 is 1.68 bits per heavy atom. The van der Waals surface area contributed by atoms with E-state index in [1.807, 2.05) is 30.2 Å². The second kappa shape index (κ2) is 52.0. The highest BCUT2D eigenvalue weighted by Gasteiger charge is 2.47. The Labute approximate surface area is 830 Å². The van der Waals surface area contributed by atoms with Crippen molar-refractivity contribution >= 4 is 195 Å². The minimum Gasteiger partial charge on any atom is -0.481 e. The molecule has 0 spiro atoms. The zero-order chi connectivity index (χ0) is 104. The number of hydrogen-bond donors (Lipinski definition) is 20. The van der Waals surface area contributed by atoms with E-state index in [2.05, 4.69) is 63.8 Å². The summed E-state index contributed by atoms with van der Waals surface area (Å²) in [6.07, 6.45) is 8.10. The van der Waals surface area contributed by atoms with Gasteiger partial charge in [0.25, 0.3) is 58.2 Å². The predicted molar refractivity (Wildman–Crippen MR) is 522 cm³/mol. The second-order valence-corrected chi connectivity index (χ2v) is 43.0. The number of fused-ring (bicyclic) bond motifs is 9. The molecular weight excluding hydrogens is 2000 g/mol. The molecule has 5 aromatic carbocycles. The smallest absolute Gasteiger partial charge is 0.305 e. The highest BCUT2D eigenvalue weighted by molar-refractivity contribution is 8.77. The summed E-state index contributed by atoms with van der Waals surface area (Å²) in [6.45, 7) is 8.30. The zero-order valence-electron chi connectivity index (χ0n) is 77.9. The van der Waals surface area contributed by atoms with Crippen molar-refractivity contribution in [1.29, 1.82) is 5.41 Å². The molecule has 0 unspecified atom stereocenters. The third-order valence-corrected chi connectivity index (χ3v) is 29.8. The highest BCUT2D eigenvalue weighted by Crippen LogP contribution is 2.53. The molecule has 774 valence electrons. The Kier molecular flexibility index (Phi) is 41.6. The lowest BCUT2D eigenvalue weighted by Crippen LogP contribution is -2.58. The lowest BCUT2D eigenvalue weighted by Gasteiger charge is -2.27. The first-order valence-electron chi connectivity index (χ1n) is 44.7. The van der Waals surface area contributed by atoms with E-state index in [9.17, 15) is 115 Å². The van der Waals surface area contributed by atoms with Crippen LogP contribution >= 0.6 is 33.3 Å². The zero-order valence-corrected chi connectivity index (χ0v) is 83.6. The van der Waals surface area contributed by atoms with Gasteiger partial charge in [0.05, 0.1) is 73.6 Å². The summed E-state index contributed by atoms with van der Waals surface area (Å²) in [6, 6.07) is 11.0. The fourth-order valence-electron chi connectivity index (χ4n) is 16.1. The average molecular weight is 2120 g/mol. The number of rotatable bonds is 44. The van der Waals surface area contributed by atoms with Crippen LogP contribution in [0.1, 0.15) is 116 Å². The SMILES string of the molecule is CC[N+]1=C(/C=C/C=C/C=C2/N(CCCCCC(=O)NCCCC[C@@H]3NC(=O)CS[C@H](C(=O)NCCOCCOCCOCCNC(=O)COCC(N)=O)NC(=O)[C@H](Cc4ccccc4)NC(=O)[C@@H]4NC(=O)[C@H](CC(=O)O)NC(=O)CNC(=O)[C@H](CCCNC(=N)N)NC(=O)[C@H](NC3=O)SS4)c3ccc4c(S(=O)(=O)O)cc(S(=O)(=O)O)cc4c3C2(C)C)C(C)(C)c2c1ccc1c(S(=O)(=O)O)cc(S(=O)(=O)O)cc21. The number of allylic oxidation sites excluding steroid dienone is 6. The predicted octanol–water partition coefficient (Wildman–Crippen LogP) is 0.306. The van der Waals surface area contributed by atoms with Gasteiger partial charge in [-0.3, -0.25) is 85.9 Å². The molecule has 2 saturated heterocycles. The number of hydrogen-bond acceptors (Lipinski definition) is 30. The number of anilines is 1. The molecule has 12 amide bonds. The van der Waals surface area contributed by atoms with Crippen LogP contribution in [0.15, 0.2) is 135 Å². The Bertz CT molecular complexity index is 6210. The van der Waals surface area contributed by atoms with Crippen LogP contribution in [0.25, 0.3) is 21.5 Å². The lowest BCUT2D eigenvalue weighted by atomic mass is 9.79. The van der Waals surface area contributed by atoms with Gasteiger partial charge in [-0.15, -0.1) is 11.8 Å². The number of carbonyl (C=O) groups is 13. The van der Waals surface area contributed by atoms with Crippen LogP contribution in [-0.4, -0.2) is 295 Å². The van der Waals surface area contributed by atoms with Gasteiger partial charge in [0.15, 0.2) is 27.8 Å². The van der Waals surface area contributed by atoms with Gasteiger partial charge in [-0.25, -0.2) is 0 Å². The monoisotopic (exact) mass is 2110 g/mol. The number of nitrogens with one attached hydrogen (secondary N) is 13. The van der Waals surface area contributed by atoms with Gasteiger partial charge < -0.3 is 104 Å². The number of aliphatic carboxylic acids is 1. The van der Waals surface area contributed by atoms with E-state index < -0.39 is 219 Å². The van der Waals surface area contributed by atoms with E-state index >= 15 is 4.79 Å². The summed E-state index contributed by atoms with van der Waals surface area (Å²) in [7, 11) is -19.4. The maximum atomic E-state index is 15.1. The van der Waals surface area contributed by atoms with Crippen LogP contribution in [0.3, 0.4) is 0 Å². The Morgan fingerprint density at radius 2 is 1.08 bits per heavy atom. The first kappa shape index (κ1) is 114. The molecule has 0 saturated carbocycles. The highest BCUT2D eigenvalue weighted by atomic mass is 33.1. The summed E-state index contributed by atoms with van der Waals surface area (Å²) < 4.78 is 167. The average Bonchev–Trinajstić information content (AvgIpc) is 1.56. The van der Waals surface area contributed by atoms with Crippen molar-refractivity contribution in [2.24, 2.45) is 11.5 Å². The lowest BCUT2D eigenvalue weighted by molar-refractivity contribution is -0.433. The molecule has 0 aromatic heterocycles. The number of nitrogens with zero attached hydrogens (tertiary/aromatic N) is 2. The molecule has 54 heteroatoms. The number of carboxylic acids is 1. The Hall–Kier alpha value is -11.8. The van der Waals surface area contributed by atoms with E-state index in [1.165, 1.54) is 12.1 Å². The van der Waals surface area contributed by atoms with E-state index in [-0.39, 0.29) is 145 Å². The molecule has 47 nitrogen and oxygen atoms in total. The third-order valence-electron chi connectivity index (χ3n) is 22.7. The fraction of sp³-hybridized carbons (Fsp3) is 0.466. The van der Waals surface area contributed by atoms with Crippen molar-refractivity contribution in [1.82, 2.24) is 63.8 Å². The van der Waals surface area contributed by atoms with Gasteiger partial charge in [-0.2, -0.15) is 38.2 Å². The number of unbranched alkanes of at least 4 members (excludes halogenated alkanes) is 3. The van der Waals surface area contributed by atoms with Crippen LogP contribution in [0.5, 0.6) is 0 Å². The molecule has 4 aliphatic heterocycles. The quantitative estimate of drug-likeness (QED) is 0.00474. The molecule has 0 radical (unpaired) electrons. The van der Waals surface area contributed by atoms with Crippen LogP contribution in [0, 0.1) is 5.41 Å². The van der Waals surface area contributed by atoms with Crippen molar-refractivity contribution in [2.45, 2.75) is 176 Å². The number of carboxylic acid groups (broad SMARTS) is 1. The van der Waals surface area contributed by atoms with E-state index in [0.29, 0.717) is 111 Å². The molecule has 7 atom stereocenters. The van der Waals surface area contributed by atoms with E-state index in [1.54, 1.807) is 86.7 Å². The Morgan fingerprint density at radius 1 is 0.535 bits per heavy atom. The summed E-state index contributed by atoms with van der Waals surface area (Å²) in [4.78, 5) is 178. The van der Waals surface area contributed by atoms with Crippen molar-refractivity contribution in [3.05, 3.63) is 132 Å². The molecule has 2 fully saturated rings. The molecule has 2 bridgehead atoms. The standard InChI is InChI=1S/C88H115N17O30S7/c1-6-104-62-28-26-54-56(42-52(139(120,121)122)44-64(54)141(126,127)128)74(62)87(2,3)66(104)23-12-8-13-24-67-88(4,5)75-57-43-53(140(123,124)125)45-65(142(129,130)131)55(57)27-29-63(75)105(67)34-17-9-14-25-69(107)92-30-16-15-21-59-77(114)102-84-81(118)99-58(22-18-31-95-86(90)91)76(113)96-47-70(108)98-61(46-73(111)112)79(116)103-85(138-137-84)82(119)100-60(41-51-19-10-7-11-20-51)78(115)101-83(136-50-72(110)97-59)80(117)94-33-36-133-38-40-134-39-37-132-35-32-93-71(109)49-135-48-68(89)106/h7-8,10-13,19-20,23-24,26-29,42-45,58-61,83-85H,6,9,14-18,21-22,25,30-41,46-50H2,1-5H3,(H21-,89,90,91,92,93,94,95,96,97,98,99,100,101,102,103,106,107,108,109,110,111,112,113,114,115,116,117,118,119,120,121,122,123,124,125,126,127,128,129,130,131)/p+1/t58-,59-,60-,61-,83+,84+,85+/m0/s1. The van der Waals surface area contributed by atoms with Gasteiger partial charge in [-0.05, 0) is 130 Å². The molecule has 0 aliphatic carbocycles. The van der Waals surface area contributed by atoms with Crippen LogP contribution in [0.4, 0.5) is 11.4 Å². The Balaban J connectivity index is 0.927. The number of nitrogens with two attached hydrogens (primary N) is 2.